The van der Waals surface area contributed by atoms with Gasteiger partial charge in [-0.3, -0.25) is 10.1 Å². The normalized spacial score (nSPS) is 10.9. The van der Waals surface area contributed by atoms with E-state index in [1.165, 1.54) is 6.92 Å². The minimum atomic E-state index is -0.387. The lowest BCUT2D eigenvalue weighted by Crippen LogP contribution is -1.92. The van der Waals surface area contributed by atoms with Gasteiger partial charge in [0.15, 0.2) is 0 Å². The predicted molar refractivity (Wildman–Crippen MR) is 70.3 cm³/mol. The van der Waals surface area contributed by atoms with Crippen molar-refractivity contribution in [3.05, 3.63) is 51.8 Å². The summed E-state index contributed by atoms with van der Waals surface area (Å²) >= 11 is 0. The number of hydrogen-bond donors (Lipinski definition) is 1. The van der Waals surface area contributed by atoms with Crippen molar-refractivity contribution >= 4 is 17.0 Å². The van der Waals surface area contributed by atoms with E-state index in [2.05, 4.69) is 4.98 Å². The molecule has 17 heavy (non-hydrogen) atoms. The highest BCUT2D eigenvalue weighted by atomic mass is 16.6. The van der Waals surface area contributed by atoms with Crippen LogP contribution in [-0.4, -0.2) is 9.91 Å². The summed E-state index contributed by atoms with van der Waals surface area (Å²) in [6.45, 7) is 5.49. The van der Waals surface area contributed by atoms with Gasteiger partial charge in [-0.05, 0) is 6.07 Å². The van der Waals surface area contributed by atoms with Gasteiger partial charge in [-0.25, -0.2) is 0 Å². The number of aromatic nitrogens is 1. The number of nitrogens with zero attached hydrogens (tertiary/aromatic N) is 1. The standard InChI is InChI=1S/C11H10N2O2.C2H6/c1-8(13(14)15)6-9-7-12-11-5-3-2-4-10(9)11;1-2/h2-7,12H,1H3;1-2H3/b8-6+;. The van der Waals surface area contributed by atoms with E-state index >= 15 is 0 Å². The van der Waals surface area contributed by atoms with Crippen molar-refractivity contribution in [2.45, 2.75) is 20.8 Å². The molecular formula is C13H16N2O2. The van der Waals surface area contributed by atoms with E-state index in [1.807, 2.05) is 38.1 Å². The molecule has 2 aromatic rings. The van der Waals surface area contributed by atoms with Gasteiger partial charge >= 0.3 is 0 Å². The molecule has 2 rings (SSSR count). The number of benzene rings is 1. The topological polar surface area (TPSA) is 58.9 Å². The van der Waals surface area contributed by atoms with Crippen LogP contribution >= 0.6 is 0 Å². The van der Waals surface area contributed by atoms with Crippen LogP contribution in [0.1, 0.15) is 26.3 Å². The van der Waals surface area contributed by atoms with Crippen LogP contribution in [0.5, 0.6) is 0 Å². The molecule has 0 radical (unpaired) electrons. The molecule has 0 saturated heterocycles. The molecule has 0 spiro atoms. The summed E-state index contributed by atoms with van der Waals surface area (Å²) in [6.07, 6.45) is 3.34. The molecule has 0 bridgehead atoms. The lowest BCUT2D eigenvalue weighted by Gasteiger charge is -1.91. The Morgan fingerprint density at radius 3 is 2.65 bits per heavy atom. The Hall–Kier alpha value is -2.10. The first-order valence-electron chi connectivity index (χ1n) is 5.57. The summed E-state index contributed by atoms with van der Waals surface area (Å²) < 4.78 is 0. The van der Waals surface area contributed by atoms with Crippen LogP contribution < -0.4 is 0 Å². The van der Waals surface area contributed by atoms with E-state index in [0.717, 1.165) is 16.5 Å². The number of hydrogen-bond acceptors (Lipinski definition) is 2. The highest BCUT2D eigenvalue weighted by Gasteiger charge is 2.05. The second kappa shape index (κ2) is 5.84. The Labute approximate surface area is 100 Å². The average molecular weight is 232 g/mol. The smallest absolute Gasteiger partial charge is 0.243 e. The Bertz CT molecular complexity index is 541. The SMILES string of the molecule is C/C(=C\c1c[nH]c2ccccc12)[N+](=O)[O-].CC. The van der Waals surface area contributed by atoms with Crippen molar-refractivity contribution in [3.63, 3.8) is 0 Å². The molecule has 4 heteroatoms. The van der Waals surface area contributed by atoms with Gasteiger partial charge in [-0.2, -0.15) is 0 Å². The second-order valence-corrected chi connectivity index (χ2v) is 3.33. The minimum Gasteiger partial charge on any atom is -0.361 e. The molecule has 1 N–H and O–H groups in total. The van der Waals surface area contributed by atoms with E-state index in [4.69, 9.17) is 0 Å². The Morgan fingerprint density at radius 2 is 2.00 bits per heavy atom. The van der Waals surface area contributed by atoms with Crippen molar-refractivity contribution in [1.82, 2.24) is 4.98 Å². The quantitative estimate of drug-likeness (QED) is 0.631. The van der Waals surface area contributed by atoms with Crippen LogP contribution in [0.3, 0.4) is 0 Å². The molecule has 4 nitrogen and oxygen atoms in total. The molecule has 1 aromatic heterocycles. The van der Waals surface area contributed by atoms with E-state index in [9.17, 15) is 10.1 Å². The molecule has 0 aliphatic heterocycles. The number of aromatic amines is 1. The maximum atomic E-state index is 10.5. The van der Waals surface area contributed by atoms with E-state index in [1.54, 1.807) is 12.3 Å². The number of para-hydroxylation sites is 1. The largest absolute Gasteiger partial charge is 0.361 e. The lowest BCUT2D eigenvalue weighted by atomic mass is 10.1. The van der Waals surface area contributed by atoms with Crippen LogP contribution in [0.4, 0.5) is 0 Å². The molecule has 0 aliphatic rings. The first-order valence-corrected chi connectivity index (χ1v) is 5.57. The number of nitrogens with one attached hydrogen (secondary N) is 1. The molecule has 1 heterocycles. The van der Waals surface area contributed by atoms with Crippen molar-refractivity contribution in [3.8, 4) is 0 Å². The van der Waals surface area contributed by atoms with Gasteiger partial charge < -0.3 is 4.98 Å². The summed E-state index contributed by atoms with van der Waals surface area (Å²) in [4.78, 5) is 13.2. The molecule has 1 aromatic carbocycles. The average Bonchev–Trinajstić information content (AvgIpc) is 2.75. The van der Waals surface area contributed by atoms with Crippen molar-refractivity contribution in [1.29, 1.82) is 0 Å². The Morgan fingerprint density at radius 1 is 1.35 bits per heavy atom. The van der Waals surface area contributed by atoms with E-state index in [0.29, 0.717) is 0 Å². The fraction of sp³-hybridized carbons (Fsp3) is 0.231. The minimum absolute atomic E-state index is 0.139. The predicted octanol–water partition coefficient (Wildman–Crippen LogP) is 3.83. The number of allylic oxidation sites excluding steroid dienone is 1. The lowest BCUT2D eigenvalue weighted by molar-refractivity contribution is -0.422. The summed E-state index contributed by atoms with van der Waals surface area (Å²) in [6, 6.07) is 7.71. The highest BCUT2D eigenvalue weighted by Crippen LogP contribution is 2.20. The molecule has 0 unspecified atom stereocenters. The number of H-pyrrole nitrogens is 1. The van der Waals surface area contributed by atoms with Crippen LogP contribution in [0, 0.1) is 10.1 Å². The summed E-state index contributed by atoms with van der Waals surface area (Å²) in [5.74, 6) is 0. The summed E-state index contributed by atoms with van der Waals surface area (Å²) in [5, 5.41) is 11.5. The van der Waals surface area contributed by atoms with Gasteiger partial charge in [-0.1, -0.05) is 32.0 Å². The maximum Gasteiger partial charge on any atom is 0.243 e. The summed E-state index contributed by atoms with van der Waals surface area (Å²) in [5.41, 5.74) is 1.97. The summed E-state index contributed by atoms with van der Waals surface area (Å²) in [7, 11) is 0. The Kier molecular flexibility index (Phi) is 4.46. The van der Waals surface area contributed by atoms with Crippen LogP contribution in [0.15, 0.2) is 36.2 Å². The monoisotopic (exact) mass is 232 g/mol. The first kappa shape index (κ1) is 13.0. The van der Waals surface area contributed by atoms with Crippen LogP contribution in [0.25, 0.3) is 17.0 Å². The zero-order valence-corrected chi connectivity index (χ0v) is 10.2. The van der Waals surface area contributed by atoms with E-state index in [-0.39, 0.29) is 10.6 Å². The molecule has 90 valence electrons. The van der Waals surface area contributed by atoms with Crippen LogP contribution in [-0.2, 0) is 0 Å². The van der Waals surface area contributed by atoms with Gasteiger partial charge in [0, 0.05) is 35.7 Å². The fourth-order valence-electron chi connectivity index (χ4n) is 1.49. The maximum absolute atomic E-state index is 10.5. The molecule has 0 atom stereocenters. The van der Waals surface area contributed by atoms with Gasteiger partial charge in [0.2, 0.25) is 5.70 Å². The number of fused-ring (bicyclic) bond motifs is 1. The second-order valence-electron chi connectivity index (χ2n) is 3.33. The van der Waals surface area contributed by atoms with Crippen molar-refractivity contribution < 1.29 is 4.92 Å². The van der Waals surface area contributed by atoms with Gasteiger partial charge in [0.05, 0.1) is 4.92 Å². The van der Waals surface area contributed by atoms with Gasteiger partial charge in [-0.15, -0.1) is 0 Å². The first-order chi connectivity index (χ1) is 8.18. The van der Waals surface area contributed by atoms with Crippen LogP contribution in [0.2, 0.25) is 0 Å². The zero-order valence-electron chi connectivity index (χ0n) is 10.2. The Balaban J connectivity index is 0.000000686. The van der Waals surface area contributed by atoms with E-state index < -0.39 is 0 Å². The van der Waals surface area contributed by atoms with Crippen molar-refractivity contribution in [2.75, 3.05) is 0 Å². The van der Waals surface area contributed by atoms with Crippen molar-refractivity contribution in [2.24, 2.45) is 0 Å². The molecule has 0 fully saturated rings. The molecule has 0 amide bonds. The van der Waals surface area contributed by atoms with Gasteiger partial charge in [0.1, 0.15) is 0 Å². The third kappa shape index (κ3) is 2.93. The van der Waals surface area contributed by atoms with Gasteiger partial charge in [0.25, 0.3) is 0 Å². The molecule has 0 saturated carbocycles. The number of nitro groups is 1. The molecule has 0 aliphatic carbocycles. The number of rotatable bonds is 2. The zero-order chi connectivity index (χ0) is 12.8. The highest BCUT2D eigenvalue weighted by molar-refractivity contribution is 5.88. The third-order valence-electron chi connectivity index (χ3n) is 2.27. The molecular weight excluding hydrogens is 216 g/mol. The third-order valence-corrected chi connectivity index (χ3v) is 2.27. The fourth-order valence-corrected chi connectivity index (χ4v) is 1.49.